The zero-order valence-corrected chi connectivity index (χ0v) is 17.5. The number of anilines is 1. The smallest absolute Gasteiger partial charge is 0.251 e. The number of benzene rings is 1. The SMILES string of the molecule is CCOc1ccc(C(=O)NCC(=O)N[C@H](CC(C)C)C(=O)Nc2nccs2)cc1. The van der Waals surface area contributed by atoms with Crippen LogP contribution in [-0.4, -0.2) is 41.9 Å². The standard InChI is InChI=1S/C20H26N4O4S/c1-4-28-15-7-5-14(6-8-15)18(26)22-12-17(25)23-16(11-13(2)3)19(27)24-20-21-9-10-29-20/h5-10,13,16H,4,11-12H2,1-3H3,(H,22,26)(H,23,25)(H,21,24,27)/t16-/m1/s1. The number of carbonyl (C=O) groups is 3. The molecule has 1 heterocycles. The zero-order chi connectivity index (χ0) is 21.2. The molecule has 9 heteroatoms. The number of ether oxygens (including phenoxy) is 1. The molecule has 0 aliphatic carbocycles. The number of rotatable bonds is 10. The minimum absolute atomic E-state index is 0.195. The first-order valence-electron chi connectivity index (χ1n) is 9.39. The second-order valence-corrected chi connectivity index (χ2v) is 7.61. The van der Waals surface area contributed by atoms with Gasteiger partial charge in [-0.15, -0.1) is 11.3 Å². The van der Waals surface area contributed by atoms with Crippen LogP contribution >= 0.6 is 11.3 Å². The summed E-state index contributed by atoms with van der Waals surface area (Å²) in [6.45, 7) is 6.11. The quantitative estimate of drug-likeness (QED) is 0.549. The first-order chi connectivity index (χ1) is 13.9. The molecule has 0 unspecified atom stereocenters. The number of aromatic nitrogens is 1. The van der Waals surface area contributed by atoms with Gasteiger partial charge in [0.05, 0.1) is 13.2 Å². The minimum atomic E-state index is -0.714. The van der Waals surface area contributed by atoms with E-state index in [4.69, 9.17) is 4.74 Å². The summed E-state index contributed by atoms with van der Waals surface area (Å²) in [6, 6.07) is 5.93. The predicted molar refractivity (Wildman–Crippen MR) is 112 cm³/mol. The van der Waals surface area contributed by atoms with Crippen molar-refractivity contribution in [2.24, 2.45) is 5.92 Å². The van der Waals surface area contributed by atoms with Gasteiger partial charge in [0.1, 0.15) is 11.8 Å². The summed E-state index contributed by atoms with van der Waals surface area (Å²) in [5.41, 5.74) is 0.418. The highest BCUT2D eigenvalue weighted by atomic mass is 32.1. The van der Waals surface area contributed by atoms with Crippen LogP contribution in [-0.2, 0) is 9.59 Å². The van der Waals surface area contributed by atoms with Gasteiger partial charge in [0.2, 0.25) is 11.8 Å². The van der Waals surface area contributed by atoms with Crippen molar-refractivity contribution in [1.82, 2.24) is 15.6 Å². The van der Waals surface area contributed by atoms with E-state index in [-0.39, 0.29) is 24.3 Å². The Balaban J connectivity index is 1.88. The molecule has 1 atom stereocenters. The lowest BCUT2D eigenvalue weighted by Gasteiger charge is -2.19. The summed E-state index contributed by atoms with van der Waals surface area (Å²) < 4.78 is 5.34. The fourth-order valence-electron chi connectivity index (χ4n) is 2.56. The molecule has 1 aromatic carbocycles. The van der Waals surface area contributed by atoms with Gasteiger partial charge in [0, 0.05) is 17.1 Å². The average molecular weight is 419 g/mol. The number of hydrogen-bond donors (Lipinski definition) is 3. The van der Waals surface area contributed by atoms with Crippen molar-refractivity contribution in [3.63, 3.8) is 0 Å². The molecule has 0 bridgehead atoms. The maximum Gasteiger partial charge on any atom is 0.251 e. The molecule has 156 valence electrons. The minimum Gasteiger partial charge on any atom is -0.494 e. The third kappa shape index (κ3) is 7.53. The van der Waals surface area contributed by atoms with E-state index >= 15 is 0 Å². The first-order valence-corrected chi connectivity index (χ1v) is 10.3. The van der Waals surface area contributed by atoms with Crippen molar-refractivity contribution in [3.8, 4) is 5.75 Å². The Bertz CT molecular complexity index is 806. The number of amides is 3. The lowest BCUT2D eigenvalue weighted by Crippen LogP contribution is -2.48. The molecule has 0 aliphatic heterocycles. The van der Waals surface area contributed by atoms with Gasteiger partial charge in [-0.3, -0.25) is 14.4 Å². The zero-order valence-electron chi connectivity index (χ0n) is 16.7. The molecule has 3 amide bonds. The fourth-order valence-corrected chi connectivity index (χ4v) is 3.09. The summed E-state index contributed by atoms with van der Waals surface area (Å²) in [7, 11) is 0. The van der Waals surface area contributed by atoms with Gasteiger partial charge >= 0.3 is 0 Å². The van der Waals surface area contributed by atoms with Crippen molar-refractivity contribution >= 4 is 34.2 Å². The van der Waals surface area contributed by atoms with Crippen molar-refractivity contribution in [3.05, 3.63) is 41.4 Å². The number of carbonyl (C=O) groups excluding carboxylic acids is 3. The molecular weight excluding hydrogens is 392 g/mol. The first kappa shape index (κ1) is 22.4. The summed E-state index contributed by atoms with van der Waals surface area (Å²) in [4.78, 5) is 41.0. The van der Waals surface area contributed by atoms with E-state index in [1.54, 1.807) is 35.8 Å². The second-order valence-electron chi connectivity index (χ2n) is 6.72. The molecule has 2 aromatic rings. The maximum absolute atomic E-state index is 12.5. The molecular formula is C20H26N4O4S. The highest BCUT2D eigenvalue weighted by Gasteiger charge is 2.23. The second kappa shape index (κ2) is 11.2. The van der Waals surface area contributed by atoms with E-state index < -0.39 is 11.9 Å². The van der Waals surface area contributed by atoms with Crippen LogP contribution in [0.4, 0.5) is 5.13 Å². The Morgan fingerprint density at radius 1 is 1.17 bits per heavy atom. The van der Waals surface area contributed by atoms with Gasteiger partial charge in [-0.1, -0.05) is 13.8 Å². The van der Waals surface area contributed by atoms with Gasteiger partial charge in [-0.25, -0.2) is 4.98 Å². The third-order valence-electron chi connectivity index (χ3n) is 3.86. The largest absolute Gasteiger partial charge is 0.494 e. The Morgan fingerprint density at radius 3 is 2.48 bits per heavy atom. The molecule has 8 nitrogen and oxygen atoms in total. The fraction of sp³-hybridized carbons (Fsp3) is 0.400. The van der Waals surface area contributed by atoms with Gasteiger partial charge in [-0.2, -0.15) is 0 Å². The molecule has 0 radical (unpaired) electrons. The van der Waals surface area contributed by atoms with Crippen LogP contribution < -0.4 is 20.7 Å². The van der Waals surface area contributed by atoms with Crippen molar-refractivity contribution < 1.29 is 19.1 Å². The van der Waals surface area contributed by atoms with Crippen LogP contribution in [0.2, 0.25) is 0 Å². The number of nitrogens with zero attached hydrogens (tertiary/aromatic N) is 1. The summed E-state index contributed by atoms with van der Waals surface area (Å²) in [5, 5.41) is 10.2. The average Bonchev–Trinajstić information content (AvgIpc) is 3.19. The van der Waals surface area contributed by atoms with Crippen molar-refractivity contribution in [2.75, 3.05) is 18.5 Å². The molecule has 0 spiro atoms. The maximum atomic E-state index is 12.5. The Kier molecular flexibility index (Phi) is 8.60. The van der Waals surface area contributed by atoms with Crippen LogP contribution in [0.3, 0.4) is 0 Å². The van der Waals surface area contributed by atoms with E-state index in [1.165, 1.54) is 11.3 Å². The predicted octanol–water partition coefficient (Wildman–Crippen LogP) is 2.44. The van der Waals surface area contributed by atoms with Crippen LogP contribution in [0, 0.1) is 5.92 Å². The van der Waals surface area contributed by atoms with Crippen LogP contribution in [0.1, 0.15) is 37.6 Å². The van der Waals surface area contributed by atoms with Crippen LogP contribution in [0.5, 0.6) is 5.75 Å². The van der Waals surface area contributed by atoms with E-state index in [1.807, 2.05) is 20.8 Å². The third-order valence-corrected chi connectivity index (χ3v) is 4.55. The lowest BCUT2D eigenvalue weighted by atomic mass is 10.0. The summed E-state index contributed by atoms with van der Waals surface area (Å²) in [5.74, 6) is -0.287. The van der Waals surface area contributed by atoms with E-state index in [2.05, 4.69) is 20.9 Å². The molecule has 1 aromatic heterocycles. The van der Waals surface area contributed by atoms with E-state index in [0.717, 1.165) is 0 Å². The molecule has 0 aliphatic rings. The number of hydrogen-bond acceptors (Lipinski definition) is 6. The van der Waals surface area contributed by atoms with E-state index in [9.17, 15) is 14.4 Å². The number of nitrogens with one attached hydrogen (secondary N) is 3. The number of thiazole rings is 1. The van der Waals surface area contributed by atoms with Gasteiger partial charge < -0.3 is 20.7 Å². The van der Waals surface area contributed by atoms with Gasteiger partial charge in [0.15, 0.2) is 5.13 Å². The van der Waals surface area contributed by atoms with E-state index in [0.29, 0.717) is 29.5 Å². The molecule has 3 N–H and O–H groups in total. The summed E-state index contributed by atoms with van der Waals surface area (Å²) >= 11 is 1.30. The highest BCUT2D eigenvalue weighted by Crippen LogP contribution is 2.13. The summed E-state index contributed by atoms with van der Waals surface area (Å²) in [6.07, 6.45) is 2.06. The van der Waals surface area contributed by atoms with Gasteiger partial charge in [-0.05, 0) is 43.5 Å². The molecule has 0 saturated heterocycles. The lowest BCUT2D eigenvalue weighted by molar-refractivity contribution is -0.126. The molecule has 0 saturated carbocycles. The normalized spacial score (nSPS) is 11.6. The Morgan fingerprint density at radius 2 is 1.90 bits per heavy atom. The molecule has 29 heavy (non-hydrogen) atoms. The highest BCUT2D eigenvalue weighted by molar-refractivity contribution is 7.13. The van der Waals surface area contributed by atoms with Crippen LogP contribution in [0.25, 0.3) is 0 Å². The Labute approximate surface area is 174 Å². The van der Waals surface area contributed by atoms with Crippen molar-refractivity contribution in [2.45, 2.75) is 33.2 Å². The van der Waals surface area contributed by atoms with Gasteiger partial charge in [0.25, 0.3) is 5.91 Å². The molecule has 0 fully saturated rings. The van der Waals surface area contributed by atoms with Crippen molar-refractivity contribution in [1.29, 1.82) is 0 Å². The monoisotopic (exact) mass is 418 g/mol. The molecule has 2 rings (SSSR count). The van der Waals surface area contributed by atoms with Crippen LogP contribution in [0.15, 0.2) is 35.8 Å². The topological polar surface area (TPSA) is 109 Å². The Hall–Kier alpha value is -2.94.